The van der Waals surface area contributed by atoms with Crippen LogP contribution in [0.2, 0.25) is 0 Å². The Bertz CT molecular complexity index is 500. The van der Waals surface area contributed by atoms with E-state index in [1.54, 1.807) is 6.26 Å². The third-order valence-corrected chi connectivity index (χ3v) is 2.49. The van der Waals surface area contributed by atoms with Crippen LogP contribution >= 0.6 is 0 Å². The molecule has 0 spiro atoms. The molecule has 96 valence electrons. The van der Waals surface area contributed by atoms with Gasteiger partial charge in [-0.05, 0) is 43.7 Å². The lowest BCUT2D eigenvalue weighted by molar-refractivity contribution is 0.330. The summed E-state index contributed by atoms with van der Waals surface area (Å²) in [6.07, 6.45) is 1.90. The Morgan fingerprint density at radius 2 is 1.94 bits per heavy atom. The number of rotatable bonds is 5. The van der Waals surface area contributed by atoms with Gasteiger partial charge in [0.05, 0.1) is 5.69 Å². The van der Waals surface area contributed by atoms with E-state index in [1.165, 1.54) is 0 Å². The Balaban J connectivity index is 2.06. The highest BCUT2D eigenvalue weighted by Gasteiger charge is 2.06. The van der Waals surface area contributed by atoms with Crippen LogP contribution in [0.15, 0.2) is 28.9 Å². The molecule has 0 fully saturated rings. The van der Waals surface area contributed by atoms with Gasteiger partial charge in [-0.3, -0.25) is 0 Å². The molecule has 0 unspecified atom stereocenters. The van der Waals surface area contributed by atoms with E-state index < -0.39 is 0 Å². The van der Waals surface area contributed by atoms with Gasteiger partial charge in [-0.1, -0.05) is 13.0 Å². The van der Waals surface area contributed by atoms with Crippen LogP contribution in [0.5, 0.6) is 11.8 Å². The zero-order chi connectivity index (χ0) is 13.0. The third-order valence-electron chi connectivity index (χ3n) is 2.49. The van der Waals surface area contributed by atoms with E-state index in [0.717, 1.165) is 29.1 Å². The van der Waals surface area contributed by atoms with Gasteiger partial charge in [-0.2, -0.15) is 4.98 Å². The van der Waals surface area contributed by atoms with E-state index in [1.807, 2.05) is 32.9 Å². The number of aryl methyl sites for hydroxylation is 2. The summed E-state index contributed by atoms with van der Waals surface area (Å²) in [5.41, 5.74) is 3.16. The molecule has 0 bridgehead atoms. The van der Waals surface area contributed by atoms with Crippen LogP contribution in [0.4, 0.5) is 0 Å². The Hall–Kier alpha value is -1.81. The number of hydrogen-bond acceptors (Lipinski definition) is 4. The normalized spacial score (nSPS) is 10.6. The van der Waals surface area contributed by atoms with Crippen molar-refractivity contribution >= 4 is 0 Å². The Kier molecular flexibility index (Phi) is 3.99. The van der Waals surface area contributed by atoms with E-state index in [9.17, 15) is 0 Å². The lowest BCUT2D eigenvalue weighted by atomic mass is 10.1. The Labute approximate surface area is 107 Å². The zero-order valence-electron chi connectivity index (χ0n) is 11.0. The number of aromatic nitrogens is 1. The van der Waals surface area contributed by atoms with E-state index >= 15 is 0 Å². The summed E-state index contributed by atoms with van der Waals surface area (Å²) in [6.45, 7) is 7.71. The maximum Gasteiger partial charge on any atom is 0.399 e. The topological polar surface area (TPSA) is 47.3 Å². The van der Waals surface area contributed by atoms with Gasteiger partial charge in [0, 0.05) is 6.54 Å². The molecule has 1 aromatic heterocycles. The van der Waals surface area contributed by atoms with Gasteiger partial charge in [-0.15, -0.1) is 0 Å². The molecular formula is C14H18N2O2. The minimum absolute atomic E-state index is 0.285. The van der Waals surface area contributed by atoms with Crippen LogP contribution in [0.3, 0.4) is 0 Å². The van der Waals surface area contributed by atoms with Crippen molar-refractivity contribution in [2.75, 3.05) is 6.54 Å². The smallest absolute Gasteiger partial charge is 0.399 e. The zero-order valence-corrected chi connectivity index (χ0v) is 11.0. The van der Waals surface area contributed by atoms with Crippen molar-refractivity contribution in [2.45, 2.75) is 27.3 Å². The highest BCUT2D eigenvalue weighted by atomic mass is 16.6. The van der Waals surface area contributed by atoms with Crippen LogP contribution in [0.25, 0.3) is 0 Å². The molecule has 0 saturated heterocycles. The molecule has 2 rings (SSSR count). The molecule has 0 aliphatic rings. The number of benzene rings is 1. The Morgan fingerprint density at radius 1 is 1.22 bits per heavy atom. The SMILES string of the molecule is CCNCc1coc(Oc2cc(C)cc(C)c2)n1. The maximum absolute atomic E-state index is 5.60. The largest absolute Gasteiger partial charge is 0.417 e. The van der Waals surface area contributed by atoms with E-state index in [2.05, 4.69) is 16.4 Å². The number of hydrogen-bond donors (Lipinski definition) is 1. The summed E-state index contributed by atoms with van der Waals surface area (Å²) in [6, 6.07) is 6.02. The van der Waals surface area contributed by atoms with Gasteiger partial charge in [0.1, 0.15) is 12.0 Å². The molecule has 1 N–H and O–H groups in total. The van der Waals surface area contributed by atoms with Crippen molar-refractivity contribution in [3.8, 4) is 11.8 Å². The highest BCUT2D eigenvalue weighted by molar-refractivity contribution is 5.34. The standard InChI is InChI=1S/C14H18N2O2/c1-4-15-8-12-9-17-14(16-12)18-13-6-10(2)5-11(3)7-13/h5-7,9,15H,4,8H2,1-3H3. The number of nitrogens with one attached hydrogen (secondary N) is 1. The summed E-state index contributed by atoms with van der Waals surface area (Å²) in [5, 5.41) is 3.18. The highest BCUT2D eigenvalue weighted by Crippen LogP contribution is 2.23. The predicted molar refractivity (Wildman–Crippen MR) is 69.9 cm³/mol. The number of nitrogens with zero attached hydrogens (tertiary/aromatic N) is 1. The summed E-state index contributed by atoms with van der Waals surface area (Å²) >= 11 is 0. The number of ether oxygens (including phenoxy) is 1. The lowest BCUT2D eigenvalue weighted by Crippen LogP contribution is -2.11. The van der Waals surface area contributed by atoms with Crippen molar-refractivity contribution in [3.63, 3.8) is 0 Å². The summed E-state index contributed by atoms with van der Waals surface area (Å²) < 4.78 is 10.9. The second-order valence-corrected chi connectivity index (χ2v) is 4.31. The van der Waals surface area contributed by atoms with Crippen LogP contribution < -0.4 is 10.1 Å². The van der Waals surface area contributed by atoms with Crippen LogP contribution in [0, 0.1) is 13.8 Å². The van der Waals surface area contributed by atoms with Gasteiger partial charge in [-0.25, -0.2) is 0 Å². The molecule has 18 heavy (non-hydrogen) atoms. The fraction of sp³-hybridized carbons (Fsp3) is 0.357. The van der Waals surface area contributed by atoms with Gasteiger partial charge in [0.15, 0.2) is 0 Å². The second-order valence-electron chi connectivity index (χ2n) is 4.31. The minimum Gasteiger partial charge on any atom is -0.417 e. The monoisotopic (exact) mass is 246 g/mol. The van der Waals surface area contributed by atoms with Gasteiger partial charge in [0.2, 0.25) is 0 Å². The van der Waals surface area contributed by atoms with E-state index in [0.29, 0.717) is 6.54 Å². The van der Waals surface area contributed by atoms with E-state index in [-0.39, 0.29) is 6.08 Å². The second kappa shape index (κ2) is 5.69. The van der Waals surface area contributed by atoms with Gasteiger partial charge >= 0.3 is 6.08 Å². The van der Waals surface area contributed by atoms with Crippen molar-refractivity contribution in [1.82, 2.24) is 10.3 Å². The first kappa shape index (κ1) is 12.6. The van der Waals surface area contributed by atoms with Crippen LogP contribution in [-0.2, 0) is 6.54 Å². The summed E-state index contributed by atoms with van der Waals surface area (Å²) in [5.74, 6) is 0.754. The quantitative estimate of drug-likeness (QED) is 0.880. The molecule has 0 atom stereocenters. The molecule has 1 heterocycles. The molecule has 4 nitrogen and oxygen atoms in total. The molecular weight excluding hydrogens is 228 g/mol. The molecule has 0 saturated carbocycles. The predicted octanol–water partition coefficient (Wildman–Crippen LogP) is 3.19. The van der Waals surface area contributed by atoms with Gasteiger partial charge in [0.25, 0.3) is 0 Å². The molecule has 0 amide bonds. The average molecular weight is 246 g/mol. The first-order chi connectivity index (χ1) is 8.67. The summed E-state index contributed by atoms with van der Waals surface area (Å²) in [4.78, 5) is 4.25. The fourth-order valence-electron chi connectivity index (χ4n) is 1.76. The van der Waals surface area contributed by atoms with Crippen LogP contribution in [-0.4, -0.2) is 11.5 Å². The lowest BCUT2D eigenvalue weighted by Gasteiger charge is -2.03. The van der Waals surface area contributed by atoms with Gasteiger partial charge < -0.3 is 14.5 Å². The Morgan fingerprint density at radius 3 is 2.61 bits per heavy atom. The number of oxazole rings is 1. The first-order valence-corrected chi connectivity index (χ1v) is 6.08. The molecule has 2 aromatic rings. The van der Waals surface area contributed by atoms with Crippen molar-refractivity contribution in [3.05, 3.63) is 41.3 Å². The van der Waals surface area contributed by atoms with E-state index in [4.69, 9.17) is 9.15 Å². The fourth-order valence-corrected chi connectivity index (χ4v) is 1.76. The minimum atomic E-state index is 0.285. The molecule has 4 heteroatoms. The molecule has 0 aliphatic heterocycles. The molecule has 0 radical (unpaired) electrons. The van der Waals surface area contributed by atoms with Crippen molar-refractivity contribution in [2.24, 2.45) is 0 Å². The van der Waals surface area contributed by atoms with Crippen molar-refractivity contribution < 1.29 is 9.15 Å². The summed E-state index contributed by atoms with van der Waals surface area (Å²) in [7, 11) is 0. The van der Waals surface area contributed by atoms with Crippen LogP contribution in [0.1, 0.15) is 23.7 Å². The molecule has 0 aliphatic carbocycles. The first-order valence-electron chi connectivity index (χ1n) is 6.08. The third kappa shape index (κ3) is 3.34. The molecule has 1 aromatic carbocycles. The van der Waals surface area contributed by atoms with Crippen molar-refractivity contribution in [1.29, 1.82) is 0 Å². The average Bonchev–Trinajstić information content (AvgIpc) is 2.72. The maximum atomic E-state index is 5.60.